The molecule has 0 fully saturated rings. The van der Waals surface area contributed by atoms with Crippen LogP contribution in [0.5, 0.6) is 0 Å². The molecular formula is C18H19NO4. The summed E-state index contributed by atoms with van der Waals surface area (Å²) < 4.78 is 9.87. The van der Waals surface area contributed by atoms with Gasteiger partial charge in [0.15, 0.2) is 0 Å². The summed E-state index contributed by atoms with van der Waals surface area (Å²) in [4.78, 5) is 23.7. The third-order valence-corrected chi connectivity index (χ3v) is 3.27. The minimum Gasteiger partial charge on any atom is -0.467 e. The summed E-state index contributed by atoms with van der Waals surface area (Å²) in [7, 11) is 1.29. The number of nitrogens with one attached hydrogen (secondary N) is 1. The van der Waals surface area contributed by atoms with Gasteiger partial charge in [0.2, 0.25) is 0 Å². The first kappa shape index (κ1) is 16.5. The van der Waals surface area contributed by atoms with Crippen LogP contribution in [-0.2, 0) is 27.3 Å². The number of rotatable bonds is 6. The predicted molar refractivity (Wildman–Crippen MR) is 85.7 cm³/mol. The summed E-state index contributed by atoms with van der Waals surface area (Å²) >= 11 is 0. The highest BCUT2D eigenvalue weighted by molar-refractivity contribution is 5.81. The largest absolute Gasteiger partial charge is 0.467 e. The molecule has 0 bridgehead atoms. The molecule has 1 N–H and O–H groups in total. The molecule has 2 aromatic rings. The molecule has 0 heterocycles. The number of ether oxygens (including phenoxy) is 2. The molecule has 2 rings (SSSR count). The van der Waals surface area contributed by atoms with Crippen LogP contribution >= 0.6 is 0 Å². The number of benzene rings is 2. The van der Waals surface area contributed by atoms with Crippen LogP contribution < -0.4 is 5.32 Å². The molecule has 1 amide bonds. The smallest absolute Gasteiger partial charge is 0.408 e. The molecule has 5 heteroatoms. The highest BCUT2D eigenvalue weighted by atomic mass is 16.6. The Kier molecular flexibility index (Phi) is 6.17. The van der Waals surface area contributed by atoms with Crippen LogP contribution in [0, 0.1) is 0 Å². The first-order valence-electron chi connectivity index (χ1n) is 7.28. The molecule has 0 aliphatic carbocycles. The lowest BCUT2D eigenvalue weighted by Gasteiger charge is -2.16. The summed E-state index contributed by atoms with van der Waals surface area (Å²) in [6.07, 6.45) is -0.311. The molecular weight excluding hydrogens is 294 g/mol. The molecule has 0 spiro atoms. The van der Waals surface area contributed by atoms with Crippen molar-refractivity contribution in [1.82, 2.24) is 5.32 Å². The Balaban J connectivity index is 1.91. The van der Waals surface area contributed by atoms with E-state index in [0.29, 0.717) is 6.42 Å². The van der Waals surface area contributed by atoms with Gasteiger partial charge in [0.25, 0.3) is 0 Å². The van der Waals surface area contributed by atoms with Crippen LogP contribution in [0.4, 0.5) is 4.79 Å². The zero-order valence-corrected chi connectivity index (χ0v) is 12.9. The molecule has 5 nitrogen and oxygen atoms in total. The fraction of sp³-hybridized carbons (Fsp3) is 0.222. The average molecular weight is 313 g/mol. The summed E-state index contributed by atoms with van der Waals surface area (Å²) in [6.45, 7) is 0.145. The van der Waals surface area contributed by atoms with Gasteiger partial charge in [-0.2, -0.15) is 0 Å². The van der Waals surface area contributed by atoms with E-state index < -0.39 is 18.1 Å². The van der Waals surface area contributed by atoms with Gasteiger partial charge in [-0.3, -0.25) is 0 Å². The molecule has 23 heavy (non-hydrogen) atoms. The van der Waals surface area contributed by atoms with Crippen molar-refractivity contribution in [3.8, 4) is 0 Å². The number of carbonyl (C=O) groups excluding carboxylic acids is 2. The fourth-order valence-electron chi connectivity index (χ4n) is 2.09. The average Bonchev–Trinajstić information content (AvgIpc) is 2.60. The lowest BCUT2D eigenvalue weighted by molar-refractivity contribution is -0.143. The quantitative estimate of drug-likeness (QED) is 0.833. The normalized spacial score (nSPS) is 11.3. The summed E-state index contributed by atoms with van der Waals surface area (Å²) in [5, 5.41) is 2.55. The van der Waals surface area contributed by atoms with Crippen molar-refractivity contribution in [3.05, 3.63) is 71.8 Å². The van der Waals surface area contributed by atoms with E-state index >= 15 is 0 Å². The number of amides is 1. The van der Waals surface area contributed by atoms with Crippen molar-refractivity contribution in [2.45, 2.75) is 19.1 Å². The molecule has 0 aliphatic heterocycles. The van der Waals surface area contributed by atoms with Crippen LogP contribution in [0.3, 0.4) is 0 Å². The number of hydrogen-bond donors (Lipinski definition) is 1. The minimum absolute atomic E-state index is 0.145. The van der Waals surface area contributed by atoms with Crippen LogP contribution in [0.2, 0.25) is 0 Å². The maximum Gasteiger partial charge on any atom is 0.408 e. The molecule has 0 unspecified atom stereocenters. The molecule has 0 saturated heterocycles. The van der Waals surface area contributed by atoms with Gasteiger partial charge in [-0.1, -0.05) is 60.7 Å². The Morgan fingerprint density at radius 1 is 0.957 bits per heavy atom. The highest BCUT2D eigenvalue weighted by Gasteiger charge is 2.22. The Morgan fingerprint density at radius 3 is 2.09 bits per heavy atom. The van der Waals surface area contributed by atoms with E-state index in [9.17, 15) is 9.59 Å². The monoisotopic (exact) mass is 313 g/mol. The van der Waals surface area contributed by atoms with Crippen LogP contribution in [0.15, 0.2) is 60.7 Å². The van der Waals surface area contributed by atoms with Gasteiger partial charge in [0.05, 0.1) is 7.11 Å². The Labute approximate surface area is 135 Å². The van der Waals surface area contributed by atoms with E-state index in [0.717, 1.165) is 11.1 Å². The van der Waals surface area contributed by atoms with Crippen LogP contribution in [0.25, 0.3) is 0 Å². The van der Waals surface area contributed by atoms with Crippen molar-refractivity contribution in [3.63, 3.8) is 0 Å². The number of methoxy groups -OCH3 is 1. The van der Waals surface area contributed by atoms with Gasteiger partial charge in [0, 0.05) is 6.42 Å². The summed E-state index contributed by atoms with van der Waals surface area (Å²) in [5.74, 6) is -0.509. The van der Waals surface area contributed by atoms with E-state index in [4.69, 9.17) is 9.47 Å². The zero-order chi connectivity index (χ0) is 16.5. The maximum atomic E-state index is 11.9. The third-order valence-electron chi connectivity index (χ3n) is 3.27. The highest BCUT2D eigenvalue weighted by Crippen LogP contribution is 2.06. The van der Waals surface area contributed by atoms with Gasteiger partial charge in [-0.15, -0.1) is 0 Å². The molecule has 120 valence electrons. The summed E-state index contributed by atoms with van der Waals surface area (Å²) in [5.41, 5.74) is 1.80. The summed E-state index contributed by atoms with van der Waals surface area (Å²) in [6, 6.07) is 17.9. The Morgan fingerprint density at radius 2 is 1.52 bits per heavy atom. The van der Waals surface area contributed by atoms with Crippen LogP contribution in [-0.4, -0.2) is 25.2 Å². The van der Waals surface area contributed by atoms with Crippen molar-refractivity contribution in [1.29, 1.82) is 0 Å². The van der Waals surface area contributed by atoms with Crippen LogP contribution in [0.1, 0.15) is 11.1 Å². The standard InChI is InChI=1S/C18H19NO4/c1-22-17(20)16(12-14-8-4-2-5-9-14)19-18(21)23-13-15-10-6-3-7-11-15/h2-11,16H,12-13H2,1H3,(H,19,21)/t16-/m0/s1. The van der Waals surface area contributed by atoms with Gasteiger partial charge in [-0.05, 0) is 11.1 Å². The van der Waals surface area contributed by atoms with Crippen molar-refractivity contribution < 1.29 is 19.1 Å². The number of hydrogen-bond acceptors (Lipinski definition) is 4. The fourth-order valence-corrected chi connectivity index (χ4v) is 2.09. The second-order valence-electron chi connectivity index (χ2n) is 4.97. The number of carbonyl (C=O) groups is 2. The van der Waals surface area contributed by atoms with Crippen molar-refractivity contribution in [2.24, 2.45) is 0 Å². The van der Waals surface area contributed by atoms with E-state index in [2.05, 4.69) is 5.32 Å². The molecule has 1 atom stereocenters. The molecule has 0 aliphatic rings. The molecule has 0 radical (unpaired) electrons. The second kappa shape index (κ2) is 8.58. The maximum absolute atomic E-state index is 11.9. The molecule has 2 aromatic carbocycles. The lowest BCUT2D eigenvalue weighted by atomic mass is 10.1. The van der Waals surface area contributed by atoms with E-state index in [1.54, 1.807) is 0 Å². The van der Waals surface area contributed by atoms with E-state index in [-0.39, 0.29) is 6.61 Å². The molecule has 0 aromatic heterocycles. The minimum atomic E-state index is -0.786. The van der Waals surface area contributed by atoms with E-state index in [1.165, 1.54) is 7.11 Å². The number of esters is 1. The topological polar surface area (TPSA) is 64.6 Å². The Hall–Kier alpha value is -2.82. The third kappa shape index (κ3) is 5.47. The van der Waals surface area contributed by atoms with E-state index in [1.807, 2.05) is 60.7 Å². The predicted octanol–water partition coefficient (Wildman–Crippen LogP) is 2.70. The second-order valence-corrected chi connectivity index (χ2v) is 4.97. The SMILES string of the molecule is COC(=O)[C@H](Cc1ccccc1)NC(=O)OCc1ccccc1. The van der Waals surface area contributed by atoms with Gasteiger partial charge >= 0.3 is 12.1 Å². The molecule has 0 saturated carbocycles. The lowest BCUT2D eigenvalue weighted by Crippen LogP contribution is -2.43. The van der Waals surface area contributed by atoms with Gasteiger partial charge in [-0.25, -0.2) is 9.59 Å². The Bertz CT molecular complexity index is 628. The zero-order valence-electron chi connectivity index (χ0n) is 12.9. The first-order chi connectivity index (χ1) is 11.2. The number of alkyl carbamates (subject to hydrolysis) is 1. The van der Waals surface area contributed by atoms with Gasteiger partial charge < -0.3 is 14.8 Å². The van der Waals surface area contributed by atoms with Gasteiger partial charge in [0.1, 0.15) is 12.6 Å². The van der Waals surface area contributed by atoms with Crippen molar-refractivity contribution in [2.75, 3.05) is 7.11 Å². The first-order valence-corrected chi connectivity index (χ1v) is 7.28. The van der Waals surface area contributed by atoms with Crippen molar-refractivity contribution >= 4 is 12.1 Å².